The molecule has 0 aromatic heterocycles. The average molecular weight is 501 g/mol. The van der Waals surface area contributed by atoms with Crippen molar-refractivity contribution in [2.75, 3.05) is 0 Å². The second-order valence-electron chi connectivity index (χ2n) is 0.0344. The number of hydrogen-bond donors (Lipinski definition) is 0. The molecule has 0 fully saturated rings. The van der Waals surface area contributed by atoms with Gasteiger partial charge in [-0.3, -0.25) is 0 Å². The van der Waals surface area contributed by atoms with E-state index in [2.05, 4.69) is 17.6 Å². The molecule has 7 heteroatoms. The molecule has 7 heavy (non-hydrogen) atoms. The second-order valence-corrected chi connectivity index (χ2v) is 6.91. The van der Waals surface area contributed by atoms with E-state index in [1.165, 1.54) is 0 Å². The van der Waals surface area contributed by atoms with E-state index in [0.717, 1.165) is 0 Å². The van der Waals surface area contributed by atoms with Gasteiger partial charge < -0.3 is 21.9 Å². The fourth-order valence-corrected chi connectivity index (χ4v) is 0. The summed E-state index contributed by atoms with van der Waals surface area (Å²) in [5.74, 6) is 0. The van der Waals surface area contributed by atoms with Crippen molar-refractivity contribution in [1.29, 1.82) is 0 Å². The molecule has 0 saturated heterocycles. The Labute approximate surface area is 63.6 Å². The molecule has 0 saturated carbocycles. The maximum absolute atomic E-state index is 5.07. The quantitative estimate of drug-likeness (QED) is 0.323. The van der Waals surface area contributed by atoms with Crippen LogP contribution in [0.1, 0.15) is 0 Å². The molecule has 0 amide bonds. The zero-order valence-corrected chi connectivity index (χ0v) is 8.07. The fourth-order valence-electron chi connectivity index (χ4n) is 0. The molecular weight excluding hydrogens is 493 g/mol. The van der Waals surface area contributed by atoms with Crippen molar-refractivity contribution < 1.29 is 54.8 Å². The summed E-state index contributed by atoms with van der Waals surface area (Å²) in [5.41, 5.74) is 0. The molecule has 0 rings (SSSR count). The first-order chi connectivity index (χ1) is 1.41. The maximum atomic E-state index is 5.07. The molecular formula is H8Au2ClO4. The van der Waals surface area contributed by atoms with Crippen LogP contribution in [0, 0.1) is 0 Å². The molecule has 4 nitrogen and oxygen atoms in total. The van der Waals surface area contributed by atoms with Crippen LogP contribution in [0.4, 0.5) is 0 Å². The molecule has 61 valence electrons. The Hall–Kier alpha value is 1.61. The molecule has 8 N–H and O–H groups in total. The predicted octanol–water partition coefficient (Wildman–Crippen LogP) is -2.61. The van der Waals surface area contributed by atoms with Gasteiger partial charge in [-0.25, -0.2) is 0 Å². The first kappa shape index (κ1) is 38.3. The van der Waals surface area contributed by atoms with Crippen LogP contribution >= 0.6 is 9.19 Å². The van der Waals surface area contributed by atoms with Gasteiger partial charge in [0.1, 0.15) is 0 Å². The summed E-state index contributed by atoms with van der Waals surface area (Å²) in [6.45, 7) is 0. The molecule has 0 radical (unpaired) electrons. The molecule has 0 aliphatic rings. The van der Waals surface area contributed by atoms with E-state index >= 15 is 0 Å². The molecule has 0 aliphatic heterocycles. The van der Waals surface area contributed by atoms with Gasteiger partial charge in [0.2, 0.25) is 0 Å². The van der Waals surface area contributed by atoms with Crippen LogP contribution in [-0.4, -0.2) is 21.9 Å². The van der Waals surface area contributed by atoms with E-state index in [4.69, 9.17) is 9.19 Å². The number of hydrogen-bond acceptors (Lipinski definition) is 0. The van der Waals surface area contributed by atoms with Gasteiger partial charge >= 0.3 is 42.1 Å². The SMILES string of the molecule is O.O.O.O.[Cl][Au][Au]. The molecule has 0 unspecified atom stereocenters. The van der Waals surface area contributed by atoms with Gasteiger partial charge in [0, 0.05) is 0 Å². The zero-order chi connectivity index (χ0) is 2.71. The van der Waals surface area contributed by atoms with Crippen molar-refractivity contribution in [2.45, 2.75) is 0 Å². The van der Waals surface area contributed by atoms with Gasteiger partial charge in [-0.15, -0.1) is 0 Å². The van der Waals surface area contributed by atoms with Crippen molar-refractivity contribution in [1.82, 2.24) is 0 Å². The Bertz CT molecular complexity index is 9.65. The van der Waals surface area contributed by atoms with E-state index in [1.54, 1.807) is 0 Å². The van der Waals surface area contributed by atoms with Crippen LogP contribution in [0.25, 0.3) is 0 Å². The minimum absolute atomic E-state index is 0. The van der Waals surface area contributed by atoms with Crippen molar-refractivity contribution in [2.24, 2.45) is 0 Å². The van der Waals surface area contributed by atoms with E-state index in [9.17, 15) is 0 Å². The summed E-state index contributed by atoms with van der Waals surface area (Å²) in [4.78, 5) is 0. The summed E-state index contributed by atoms with van der Waals surface area (Å²) in [5, 5.41) is 0. The first-order valence-corrected chi connectivity index (χ1v) is 8.89. The van der Waals surface area contributed by atoms with Crippen LogP contribution < -0.4 is 0 Å². The molecule has 0 aromatic carbocycles. The minimum atomic E-state index is 0. The van der Waals surface area contributed by atoms with Crippen molar-refractivity contribution >= 4 is 9.19 Å². The van der Waals surface area contributed by atoms with E-state index < -0.39 is 0 Å². The van der Waals surface area contributed by atoms with E-state index in [0.29, 0.717) is 0 Å². The third-order valence-electron chi connectivity index (χ3n) is 0. The van der Waals surface area contributed by atoms with Gasteiger partial charge in [-0.2, -0.15) is 0 Å². The summed E-state index contributed by atoms with van der Waals surface area (Å²) in [6, 6.07) is 0. The monoisotopic (exact) mass is 501 g/mol. The summed E-state index contributed by atoms with van der Waals surface area (Å²) in [7, 11) is 5.07. The van der Waals surface area contributed by atoms with Gasteiger partial charge in [0.25, 0.3) is 0 Å². The van der Waals surface area contributed by atoms with Gasteiger partial charge in [0.05, 0.1) is 0 Å². The van der Waals surface area contributed by atoms with Gasteiger partial charge in [-0.05, 0) is 0 Å². The standard InChI is InChI=1S/2Au.ClH.4H2O/h;;1H;4*1H2/q;+1;;;;;/p-1. The average Bonchev–Trinajstić information content (AvgIpc) is 0.918. The topological polar surface area (TPSA) is 126 Å². The fraction of sp³-hybridized carbons (Fsp3) is 0. The van der Waals surface area contributed by atoms with Crippen LogP contribution in [0.5, 0.6) is 0 Å². The number of rotatable bonds is 0. The number of halogens is 1. The van der Waals surface area contributed by atoms with E-state index in [1.807, 2.05) is 0 Å². The van der Waals surface area contributed by atoms with Crippen LogP contribution in [0.15, 0.2) is 0 Å². The Morgan fingerprint density at radius 3 is 1.00 bits per heavy atom. The summed E-state index contributed by atoms with van der Waals surface area (Å²) >= 11 is 2.37. The normalized spacial score (nSPS) is 3.29. The third kappa shape index (κ3) is 92.4. The Morgan fingerprint density at radius 2 is 1.00 bits per heavy atom. The van der Waals surface area contributed by atoms with Crippen molar-refractivity contribution in [3.63, 3.8) is 0 Å². The van der Waals surface area contributed by atoms with Gasteiger partial charge in [-0.1, -0.05) is 0 Å². The second kappa shape index (κ2) is 48.8. The Balaban J connectivity index is -0.00000000333. The van der Waals surface area contributed by atoms with Crippen LogP contribution in [-0.2, 0) is 32.9 Å². The van der Waals surface area contributed by atoms with Crippen LogP contribution in [0.3, 0.4) is 0 Å². The Kier molecular flexibility index (Phi) is 267. The third-order valence-corrected chi connectivity index (χ3v) is 0. The van der Waals surface area contributed by atoms with Gasteiger partial charge in [0.15, 0.2) is 0 Å². The molecule has 0 aliphatic carbocycles. The van der Waals surface area contributed by atoms with Crippen LogP contribution in [0.2, 0.25) is 0 Å². The van der Waals surface area contributed by atoms with Crippen molar-refractivity contribution in [3.8, 4) is 0 Å². The predicted molar refractivity (Wildman–Crippen MR) is 20.3 cm³/mol. The molecule has 0 aromatic rings. The zero-order valence-electron chi connectivity index (χ0n) is 2.98. The first-order valence-electron chi connectivity index (χ1n) is 0.205. The molecule has 0 bridgehead atoms. The molecule has 0 heterocycles. The molecule has 0 atom stereocenters. The van der Waals surface area contributed by atoms with E-state index in [-0.39, 0.29) is 37.2 Å². The van der Waals surface area contributed by atoms with Crippen molar-refractivity contribution in [3.05, 3.63) is 0 Å². The summed E-state index contributed by atoms with van der Waals surface area (Å²) < 4.78 is 0. The molecule has 0 spiro atoms. The Morgan fingerprint density at radius 1 is 1.00 bits per heavy atom. The summed E-state index contributed by atoms with van der Waals surface area (Å²) in [6.07, 6.45) is 0.